The van der Waals surface area contributed by atoms with Gasteiger partial charge in [-0.05, 0) is 48.5 Å². The minimum atomic E-state index is -0.155. The largest absolute Gasteiger partial charge is 0.484 e. The van der Waals surface area contributed by atoms with Gasteiger partial charge in [-0.2, -0.15) is 0 Å². The number of furan rings is 1. The van der Waals surface area contributed by atoms with E-state index in [1.165, 1.54) is 0 Å². The van der Waals surface area contributed by atoms with E-state index in [1.54, 1.807) is 6.26 Å². The molecule has 0 atom stereocenters. The molecule has 0 saturated carbocycles. The summed E-state index contributed by atoms with van der Waals surface area (Å²) in [5.74, 6) is 1.35. The SMILES string of the molecule is O=C(COc1ccc(Nc2ccccc2)cc1)NCCc1ccco1. The molecule has 3 aromatic rings. The molecule has 0 unspecified atom stereocenters. The summed E-state index contributed by atoms with van der Waals surface area (Å²) in [6.45, 7) is 0.513. The van der Waals surface area contributed by atoms with E-state index in [2.05, 4.69) is 10.6 Å². The van der Waals surface area contributed by atoms with Crippen molar-refractivity contribution in [3.05, 3.63) is 78.8 Å². The van der Waals surface area contributed by atoms with E-state index >= 15 is 0 Å². The molecule has 0 aliphatic carbocycles. The van der Waals surface area contributed by atoms with Gasteiger partial charge in [-0.1, -0.05) is 18.2 Å². The molecule has 0 fully saturated rings. The highest BCUT2D eigenvalue weighted by Crippen LogP contribution is 2.19. The van der Waals surface area contributed by atoms with E-state index in [9.17, 15) is 4.79 Å². The highest BCUT2D eigenvalue weighted by Gasteiger charge is 2.04. The van der Waals surface area contributed by atoms with Gasteiger partial charge >= 0.3 is 0 Å². The Balaban J connectivity index is 1.40. The number of carbonyl (C=O) groups excluding carboxylic acids is 1. The van der Waals surface area contributed by atoms with Crippen LogP contribution in [0.15, 0.2) is 77.4 Å². The predicted molar refractivity (Wildman–Crippen MR) is 97.1 cm³/mol. The Kier molecular flexibility index (Phi) is 5.72. The van der Waals surface area contributed by atoms with Gasteiger partial charge in [-0.3, -0.25) is 4.79 Å². The van der Waals surface area contributed by atoms with Crippen molar-refractivity contribution in [3.63, 3.8) is 0 Å². The topological polar surface area (TPSA) is 63.5 Å². The normalized spacial score (nSPS) is 10.2. The zero-order valence-electron chi connectivity index (χ0n) is 13.8. The van der Waals surface area contributed by atoms with Crippen molar-refractivity contribution in [2.75, 3.05) is 18.5 Å². The van der Waals surface area contributed by atoms with Gasteiger partial charge in [-0.25, -0.2) is 0 Å². The summed E-state index contributed by atoms with van der Waals surface area (Å²) < 4.78 is 10.7. The Labute approximate surface area is 146 Å². The van der Waals surface area contributed by atoms with Gasteiger partial charge in [-0.15, -0.1) is 0 Å². The molecule has 5 heteroatoms. The summed E-state index contributed by atoms with van der Waals surface area (Å²) in [4.78, 5) is 11.8. The number of hydrogen-bond donors (Lipinski definition) is 2. The lowest BCUT2D eigenvalue weighted by molar-refractivity contribution is -0.123. The lowest BCUT2D eigenvalue weighted by atomic mass is 10.2. The number of hydrogen-bond acceptors (Lipinski definition) is 4. The number of amides is 1. The molecule has 1 heterocycles. The van der Waals surface area contributed by atoms with Gasteiger partial charge in [0.15, 0.2) is 6.61 Å². The van der Waals surface area contributed by atoms with Crippen molar-refractivity contribution in [3.8, 4) is 5.75 Å². The summed E-state index contributed by atoms with van der Waals surface area (Å²) >= 11 is 0. The smallest absolute Gasteiger partial charge is 0.257 e. The number of rotatable bonds is 8. The maximum Gasteiger partial charge on any atom is 0.257 e. The fourth-order valence-corrected chi connectivity index (χ4v) is 2.30. The van der Waals surface area contributed by atoms with Crippen molar-refractivity contribution in [2.24, 2.45) is 0 Å². The second-order valence-electron chi connectivity index (χ2n) is 5.48. The third kappa shape index (κ3) is 5.42. The molecule has 25 heavy (non-hydrogen) atoms. The minimum absolute atomic E-state index is 0.0103. The number of ether oxygens (including phenoxy) is 1. The van der Waals surface area contributed by atoms with Crippen LogP contribution in [0.3, 0.4) is 0 Å². The molecule has 1 amide bonds. The van der Waals surface area contributed by atoms with Crippen LogP contribution < -0.4 is 15.4 Å². The third-order valence-corrected chi connectivity index (χ3v) is 3.56. The number of anilines is 2. The quantitative estimate of drug-likeness (QED) is 0.657. The molecular weight excluding hydrogens is 316 g/mol. The molecule has 128 valence electrons. The monoisotopic (exact) mass is 336 g/mol. The third-order valence-electron chi connectivity index (χ3n) is 3.56. The average Bonchev–Trinajstić information content (AvgIpc) is 3.15. The summed E-state index contributed by atoms with van der Waals surface area (Å²) in [5.41, 5.74) is 1.98. The van der Waals surface area contributed by atoms with Crippen molar-refractivity contribution < 1.29 is 13.9 Å². The van der Waals surface area contributed by atoms with Crippen LogP contribution in [0.5, 0.6) is 5.75 Å². The number of benzene rings is 2. The van der Waals surface area contributed by atoms with E-state index in [0.29, 0.717) is 18.7 Å². The molecule has 0 spiro atoms. The van der Waals surface area contributed by atoms with E-state index in [-0.39, 0.29) is 12.5 Å². The van der Waals surface area contributed by atoms with Gasteiger partial charge in [0.05, 0.1) is 6.26 Å². The maximum absolute atomic E-state index is 11.8. The van der Waals surface area contributed by atoms with E-state index in [0.717, 1.165) is 17.1 Å². The highest BCUT2D eigenvalue weighted by atomic mass is 16.5. The summed E-state index contributed by atoms with van der Waals surface area (Å²) in [7, 11) is 0. The Morgan fingerprint density at radius 2 is 1.68 bits per heavy atom. The molecule has 3 rings (SSSR count). The van der Waals surface area contributed by atoms with Crippen LogP contribution in [0.4, 0.5) is 11.4 Å². The van der Waals surface area contributed by atoms with Crippen LogP contribution in [-0.2, 0) is 11.2 Å². The molecule has 1 aromatic heterocycles. The lowest BCUT2D eigenvalue weighted by Crippen LogP contribution is -2.30. The maximum atomic E-state index is 11.8. The van der Waals surface area contributed by atoms with E-state index in [4.69, 9.17) is 9.15 Å². The van der Waals surface area contributed by atoms with Crippen LogP contribution in [0, 0.1) is 0 Å². The first kappa shape index (κ1) is 16.6. The number of carbonyl (C=O) groups is 1. The molecule has 0 saturated heterocycles. The van der Waals surface area contributed by atoms with Gasteiger partial charge in [0.25, 0.3) is 5.91 Å². The average molecular weight is 336 g/mol. The van der Waals surface area contributed by atoms with Gasteiger partial charge in [0, 0.05) is 24.3 Å². The van der Waals surface area contributed by atoms with Crippen molar-refractivity contribution in [1.82, 2.24) is 5.32 Å². The second kappa shape index (κ2) is 8.59. The first-order valence-electron chi connectivity index (χ1n) is 8.13. The molecule has 2 aromatic carbocycles. The summed E-state index contributed by atoms with van der Waals surface area (Å²) in [5, 5.41) is 6.09. The van der Waals surface area contributed by atoms with E-state index in [1.807, 2.05) is 66.7 Å². The zero-order valence-corrected chi connectivity index (χ0v) is 13.8. The molecule has 0 bridgehead atoms. The van der Waals surface area contributed by atoms with Gasteiger partial charge in [0.1, 0.15) is 11.5 Å². The molecule has 2 N–H and O–H groups in total. The zero-order chi connectivity index (χ0) is 17.3. The van der Waals surface area contributed by atoms with Crippen molar-refractivity contribution >= 4 is 17.3 Å². The van der Waals surface area contributed by atoms with Crippen LogP contribution in [0.25, 0.3) is 0 Å². The standard InChI is InChI=1S/C20H20N2O3/c23-20(21-13-12-18-7-4-14-24-18)15-25-19-10-8-17(9-11-19)22-16-5-2-1-3-6-16/h1-11,14,22H,12-13,15H2,(H,21,23). The number of para-hydroxylation sites is 1. The first-order valence-corrected chi connectivity index (χ1v) is 8.13. The van der Waals surface area contributed by atoms with Gasteiger partial charge < -0.3 is 19.8 Å². The van der Waals surface area contributed by atoms with Crippen LogP contribution in [0.1, 0.15) is 5.76 Å². The number of nitrogens with one attached hydrogen (secondary N) is 2. The molecular formula is C20H20N2O3. The van der Waals surface area contributed by atoms with Crippen LogP contribution in [-0.4, -0.2) is 19.1 Å². The lowest BCUT2D eigenvalue weighted by Gasteiger charge is -2.09. The second-order valence-corrected chi connectivity index (χ2v) is 5.48. The Morgan fingerprint density at radius 1 is 0.920 bits per heavy atom. The molecule has 0 radical (unpaired) electrons. The predicted octanol–water partition coefficient (Wildman–Crippen LogP) is 3.76. The van der Waals surface area contributed by atoms with E-state index < -0.39 is 0 Å². The Bertz CT molecular complexity index is 768. The molecule has 5 nitrogen and oxygen atoms in total. The first-order chi connectivity index (χ1) is 12.3. The Morgan fingerprint density at radius 3 is 2.40 bits per heavy atom. The highest BCUT2D eigenvalue weighted by molar-refractivity contribution is 5.77. The van der Waals surface area contributed by atoms with Crippen LogP contribution >= 0.6 is 0 Å². The fraction of sp³-hybridized carbons (Fsp3) is 0.150. The van der Waals surface area contributed by atoms with Gasteiger partial charge in [0.2, 0.25) is 0 Å². The van der Waals surface area contributed by atoms with Crippen molar-refractivity contribution in [2.45, 2.75) is 6.42 Å². The Hall–Kier alpha value is -3.21. The molecule has 0 aliphatic rings. The molecule has 0 aliphatic heterocycles. The summed E-state index contributed by atoms with van der Waals surface area (Å²) in [6.07, 6.45) is 2.29. The summed E-state index contributed by atoms with van der Waals surface area (Å²) in [6, 6.07) is 21.1. The fourth-order valence-electron chi connectivity index (χ4n) is 2.30. The van der Waals surface area contributed by atoms with Crippen LogP contribution in [0.2, 0.25) is 0 Å². The minimum Gasteiger partial charge on any atom is -0.484 e. The van der Waals surface area contributed by atoms with Crippen molar-refractivity contribution in [1.29, 1.82) is 0 Å².